The molecule has 1 aromatic rings. The van der Waals surface area contributed by atoms with Crippen LogP contribution in [0.5, 0.6) is 5.75 Å². The van der Waals surface area contributed by atoms with Gasteiger partial charge in [0.25, 0.3) is 11.6 Å². The average molecular weight is 308 g/mol. The molecule has 0 spiro atoms. The highest BCUT2D eigenvalue weighted by Crippen LogP contribution is 2.19. The minimum absolute atomic E-state index is 0.000671. The van der Waals surface area contributed by atoms with Crippen LogP contribution in [-0.4, -0.2) is 47.1 Å². The van der Waals surface area contributed by atoms with E-state index in [1.54, 1.807) is 11.8 Å². The maximum Gasteiger partial charge on any atom is 0.269 e. The van der Waals surface area contributed by atoms with Crippen molar-refractivity contribution in [2.75, 3.05) is 13.1 Å². The van der Waals surface area contributed by atoms with Crippen LogP contribution in [0.2, 0.25) is 0 Å². The van der Waals surface area contributed by atoms with Crippen LogP contribution in [0.25, 0.3) is 0 Å². The van der Waals surface area contributed by atoms with Gasteiger partial charge in [-0.05, 0) is 32.9 Å². The lowest BCUT2D eigenvalue weighted by Gasteiger charge is -2.36. The summed E-state index contributed by atoms with van der Waals surface area (Å²) in [6.45, 7) is 6.61. The largest absolute Gasteiger partial charge is 0.481 e. The van der Waals surface area contributed by atoms with Crippen LogP contribution in [-0.2, 0) is 9.53 Å². The highest BCUT2D eigenvalue weighted by molar-refractivity contribution is 5.81. The number of nitrogens with zero attached hydrogens (tertiary/aromatic N) is 2. The summed E-state index contributed by atoms with van der Waals surface area (Å²) in [4.78, 5) is 24.3. The van der Waals surface area contributed by atoms with Gasteiger partial charge >= 0.3 is 0 Å². The van der Waals surface area contributed by atoms with Crippen molar-refractivity contribution in [2.24, 2.45) is 0 Å². The average Bonchev–Trinajstić information content (AvgIpc) is 2.46. The van der Waals surface area contributed by atoms with Gasteiger partial charge < -0.3 is 14.4 Å². The second-order valence-corrected chi connectivity index (χ2v) is 5.51. The highest BCUT2D eigenvalue weighted by atomic mass is 16.6. The third-order valence-corrected chi connectivity index (χ3v) is 3.44. The number of morpholine rings is 1. The normalized spacial score (nSPS) is 23.0. The first-order valence-electron chi connectivity index (χ1n) is 7.22. The minimum Gasteiger partial charge on any atom is -0.481 e. The second-order valence-electron chi connectivity index (χ2n) is 5.51. The lowest BCUT2D eigenvalue weighted by Crippen LogP contribution is -2.51. The number of ether oxygens (including phenoxy) is 2. The number of hydrogen-bond donors (Lipinski definition) is 0. The summed E-state index contributed by atoms with van der Waals surface area (Å²) < 4.78 is 11.2. The molecule has 0 N–H and O–H groups in total. The number of benzene rings is 1. The molecule has 1 saturated heterocycles. The quantitative estimate of drug-likeness (QED) is 0.627. The van der Waals surface area contributed by atoms with Crippen LogP contribution in [0, 0.1) is 10.1 Å². The molecule has 0 aromatic heterocycles. The Morgan fingerprint density at radius 3 is 2.36 bits per heavy atom. The molecule has 0 aliphatic carbocycles. The maximum absolute atomic E-state index is 12.4. The maximum atomic E-state index is 12.4. The zero-order chi connectivity index (χ0) is 16.3. The summed E-state index contributed by atoms with van der Waals surface area (Å²) in [5, 5.41) is 10.6. The summed E-state index contributed by atoms with van der Waals surface area (Å²) >= 11 is 0. The van der Waals surface area contributed by atoms with Crippen molar-refractivity contribution in [1.29, 1.82) is 0 Å². The molecule has 1 heterocycles. The molecule has 0 bridgehead atoms. The molecule has 22 heavy (non-hydrogen) atoms. The fraction of sp³-hybridized carbons (Fsp3) is 0.533. The van der Waals surface area contributed by atoms with Gasteiger partial charge in [-0.2, -0.15) is 0 Å². The first-order chi connectivity index (χ1) is 10.4. The molecule has 1 fully saturated rings. The Labute approximate surface area is 129 Å². The molecular formula is C15H20N2O5. The van der Waals surface area contributed by atoms with E-state index in [0.29, 0.717) is 18.8 Å². The van der Waals surface area contributed by atoms with E-state index in [-0.39, 0.29) is 23.8 Å². The number of non-ortho nitro benzene ring substituents is 1. The predicted octanol–water partition coefficient (Wildman–Crippen LogP) is 2.00. The van der Waals surface area contributed by atoms with Gasteiger partial charge in [-0.1, -0.05) is 0 Å². The molecule has 3 atom stereocenters. The number of carbonyl (C=O) groups excluding carboxylic acids is 1. The molecular weight excluding hydrogens is 288 g/mol. The molecule has 120 valence electrons. The SMILES string of the molecule is C[C@@H]1CN(C(=O)[C@@H](C)Oc2ccc([N+](=O)[O-])cc2)C[C@@H](C)O1. The zero-order valence-corrected chi connectivity index (χ0v) is 12.9. The first kappa shape index (κ1) is 16.2. The molecule has 0 saturated carbocycles. The Morgan fingerprint density at radius 1 is 1.32 bits per heavy atom. The van der Waals surface area contributed by atoms with Gasteiger partial charge in [-0.3, -0.25) is 14.9 Å². The predicted molar refractivity (Wildman–Crippen MR) is 79.8 cm³/mol. The summed E-state index contributed by atoms with van der Waals surface area (Å²) in [6.07, 6.45) is -0.655. The third kappa shape index (κ3) is 3.94. The molecule has 1 aliphatic rings. The molecule has 0 radical (unpaired) electrons. The van der Waals surface area contributed by atoms with Crippen molar-refractivity contribution in [2.45, 2.75) is 39.1 Å². The van der Waals surface area contributed by atoms with E-state index in [1.165, 1.54) is 24.3 Å². The van der Waals surface area contributed by atoms with Crippen molar-refractivity contribution in [3.8, 4) is 5.75 Å². The minimum atomic E-state index is -0.654. The Balaban J connectivity index is 1.97. The lowest BCUT2D eigenvalue weighted by atomic mass is 10.2. The second kappa shape index (κ2) is 6.74. The molecule has 1 aromatic carbocycles. The number of carbonyl (C=O) groups is 1. The van der Waals surface area contributed by atoms with Gasteiger partial charge in [0, 0.05) is 25.2 Å². The number of amides is 1. The van der Waals surface area contributed by atoms with Gasteiger partial charge in [0.05, 0.1) is 17.1 Å². The van der Waals surface area contributed by atoms with Gasteiger partial charge in [0.2, 0.25) is 0 Å². The smallest absolute Gasteiger partial charge is 0.269 e. The topological polar surface area (TPSA) is 81.9 Å². The van der Waals surface area contributed by atoms with Crippen molar-refractivity contribution in [1.82, 2.24) is 4.90 Å². The van der Waals surface area contributed by atoms with E-state index in [9.17, 15) is 14.9 Å². The van der Waals surface area contributed by atoms with Crippen molar-refractivity contribution < 1.29 is 19.2 Å². The Hall–Kier alpha value is -2.15. The van der Waals surface area contributed by atoms with Gasteiger partial charge in [0.15, 0.2) is 6.10 Å². The molecule has 7 nitrogen and oxygen atoms in total. The van der Waals surface area contributed by atoms with E-state index in [1.807, 2.05) is 13.8 Å². The number of nitro groups is 1. The standard InChI is InChI=1S/C15H20N2O5/c1-10-8-16(9-11(2)21-10)15(18)12(3)22-14-6-4-13(5-7-14)17(19)20/h4-7,10-12H,8-9H2,1-3H3/t10-,11-,12-/m1/s1. The van der Waals surface area contributed by atoms with E-state index in [2.05, 4.69) is 0 Å². The lowest BCUT2D eigenvalue weighted by molar-refractivity contribution is -0.384. The van der Waals surface area contributed by atoms with Crippen molar-refractivity contribution in [3.63, 3.8) is 0 Å². The summed E-state index contributed by atoms with van der Waals surface area (Å²) in [5.74, 6) is 0.321. The van der Waals surface area contributed by atoms with E-state index in [4.69, 9.17) is 9.47 Å². The number of rotatable bonds is 4. The van der Waals surface area contributed by atoms with Crippen LogP contribution >= 0.6 is 0 Å². The summed E-state index contributed by atoms with van der Waals surface area (Å²) in [5.41, 5.74) is -0.0119. The summed E-state index contributed by atoms with van der Waals surface area (Å²) in [7, 11) is 0. The van der Waals surface area contributed by atoms with E-state index >= 15 is 0 Å². The van der Waals surface area contributed by atoms with Gasteiger partial charge in [-0.15, -0.1) is 0 Å². The Kier molecular flexibility index (Phi) is 4.97. The van der Waals surface area contributed by atoms with E-state index < -0.39 is 11.0 Å². The number of hydrogen-bond acceptors (Lipinski definition) is 5. The molecule has 2 rings (SSSR count). The van der Waals surface area contributed by atoms with Gasteiger partial charge in [0.1, 0.15) is 5.75 Å². The fourth-order valence-corrected chi connectivity index (χ4v) is 2.52. The first-order valence-corrected chi connectivity index (χ1v) is 7.22. The molecule has 1 amide bonds. The molecule has 0 unspecified atom stereocenters. The van der Waals surface area contributed by atoms with Crippen molar-refractivity contribution in [3.05, 3.63) is 34.4 Å². The van der Waals surface area contributed by atoms with Gasteiger partial charge in [-0.25, -0.2) is 0 Å². The summed E-state index contributed by atoms with van der Waals surface area (Å²) in [6, 6.07) is 5.69. The molecule has 1 aliphatic heterocycles. The Bertz CT molecular complexity index is 535. The fourth-order valence-electron chi connectivity index (χ4n) is 2.52. The third-order valence-electron chi connectivity index (χ3n) is 3.44. The van der Waals surface area contributed by atoms with E-state index in [0.717, 1.165) is 0 Å². The molecule has 7 heteroatoms. The Morgan fingerprint density at radius 2 is 1.86 bits per heavy atom. The highest BCUT2D eigenvalue weighted by Gasteiger charge is 2.29. The van der Waals surface area contributed by atoms with Crippen LogP contribution in [0.1, 0.15) is 20.8 Å². The van der Waals surface area contributed by atoms with Crippen LogP contribution in [0.3, 0.4) is 0 Å². The zero-order valence-electron chi connectivity index (χ0n) is 12.9. The van der Waals surface area contributed by atoms with Crippen LogP contribution < -0.4 is 4.74 Å². The van der Waals surface area contributed by atoms with Crippen LogP contribution in [0.4, 0.5) is 5.69 Å². The van der Waals surface area contributed by atoms with Crippen LogP contribution in [0.15, 0.2) is 24.3 Å². The monoisotopic (exact) mass is 308 g/mol. The number of nitro benzene ring substituents is 1. The van der Waals surface area contributed by atoms with Crippen molar-refractivity contribution >= 4 is 11.6 Å².